The molecule has 0 aliphatic rings. The fourth-order valence-electron chi connectivity index (χ4n) is 1.49. The Bertz CT molecular complexity index is 409. The molecule has 0 radical (unpaired) electrons. The molecular weight excluding hydrogens is 188 g/mol. The Labute approximate surface area is 89.2 Å². The Morgan fingerprint density at radius 1 is 0.929 bits per heavy atom. The molecule has 0 aliphatic heterocycles. The minimum atomic E-state index is 1.07. The summed E-state index contributed by atoms with van der Waals surface area (Å²) in [7, 11) is 0. The second-order valence-electron chi connectivity index (χ2n) is 3.67. The molecule has 0 spiro atoms. The molecule has 0 nitrogen and oxygen atoms in total. The van der Waals surface area contributed by atoms with Crippen LogP contribution in [0.1, 0.15) is 20.9 Å². The summed E-state index contributed by atoms with van der Waals surface area (Å²) in [4.78, 5) is 2.85. The van der Waals surface area contributed by atoms with Crippen LogP contribution in [0.5, 0.6) is 0 Å². The highest BCUT2D eigenvalue weighted by molar-refractivity contribution is 7.11. The van der Waals surface area contributed by atoms with Gasteiger partial charge in [0.15, 0.2) is 0 Å². The second kappa shape index (κ2) is 3.97. The summed E-state index contributed by atoms with van der Waals surface area (Å²) in [6, 6.07) is 13.2. The zero-order valence-electron chi connectivity index (χ0n) is 8.58. The van der Waals surface area contributed by atoms with E-state index in [1.165, 1.54) is 20.9 Å². The predicted molar refractivity (Wildman–Crippen MR) is 63.0 cm³/mol. The highest BCUT2D eigenvalue weighted by Gasteiger charge is 1.98. The molecule has 0 aliphatic carbocycles. The lowest BCUT2D eigenvalue weighted by atomic mass is 10.1. The molecule has 0 amide bonds. The average molecular weight is 202 g/mol. The molecule has 2 aromatic rings. The molecule has 14 heavy (non-hydrogen) atoms. The van der Waals surface area contributed by atoms with E-state index in [1.807, 2.05) is 11.3 Å². The van der Waals surface area contributed by atoms with Crippen molar-refractivity contribution in [3.63, 3.8) is 0 Å². The molecule has 1 aromatic carbocycles. The third kappa shape index (κ3) is 2.24. The molecule has 1 heterocycles. The number of rotatable bonds is 2. The first-order chi connectivity index (χ1) is 6.74. The molecule has 72 valence electrons. The summed E-state index contributed by atoms with van der Waals surface area (Å²) in [5.74, 6) is 0. The SMILES string of the molecule is Cc1ccc(Cc2ccc(C)s2)cc1. The smallest absolute Gasteiger partial charge is 0.00918 e. The van der Waals surface area contributed by atoms with E-state index in [4.69, 9.17) is 0 Å². The van der Waals surface area contributed by atoms with Crippen LogP contribution in [-0.2, 0) is 6.42 Å². The zero-order valence-corrected chi connectivity index (χ0v) is 9.40. The van der Waals surface area contributed by atoms with E-state index in [1.54, 1.807) is 0 Å². The maximum absolute atomic E-state index is 2.22. The van der Waals surface area contributed by atoms with E-state index < -0.39 is 0 Å². The van der Waals surface area contributed by atoms with E-state index in [9.17, 15) is 0 Å². The predicted octanol–water partition coefficient (Wildman–Crippen LogP) is 3.96. The van der Waals surface area contributed by atoms with Gasteiger partial charge in [-0.1, -0.05) is 29.8 Å². The van der Waals surface area contributed by atoms with Gasteiger partial charge >= 0.3 is 0 Å². The van der Waals surface area contributed by atoms with E-state index >= 15 is 0 Å². The number of hydrogen-bond acceptors (Lipinski definition) is 1. The lowest BCUT2D eigenvalue weighted by Crippen LogP contribution is -1.83. The minimum absolute atomic E-state index is 1.07. The Morgan fingerprint density at radius 2 is 1.64 bits per heavy atom. The van der Waals surface area contributed by atoms with Gasteiger partial charge in [0.1, 0.15) is 0 Å². The standard InChI is InChI=1S/C13H14S/c1-10-3-6-12(7-4-10)9-13-8-5-11(2)14-13/h3-8H,9H2,1-2H3. The summed E-state index contributed by atoms with van der Waals surface area (Å²) < 4.78 is 0. The van der Waals surface area contributed by atoms with Crippen molar-refractivity contribution in [2.45, 2.75) is 20.3 Å². The average Bonchev–Trinajstić information content (AvgIpc) is 2.56. The summed E-state index contributed by atoms with van der Waals surface area (Å²) in [6.45, 7) is 4.28. The zero-order chi connectivity index (χ0) is 9.97. The molecular formula is C13H14S. The maximum Gasteiger partial charge on any atom is 0.00918 e. The summed E-state index contributed by atoms with van der Waals surface area (Å²) in [5, 5.41) is 0. The molecule has 1 aromatic heterocycles. The van der Waals surface area contributed by atoms with E-state index in [0.717, 1.165) is 6.42 Å². The van der Waals surface area contributed by atoms with Crippen molar-refractivity contribution in [3.05, 3.63) is 57.3 Å². The van der Waals surface area contributed by atoms with Gasteiger partial charge in [0.05, 0.1) is 0 Å². The highest BCUT2D eigenvalue weighted by Crippen LogP contribution is 2.19. The van der Waals surface area contributed by atoms with Crippen LogP contribution in [0.25, 0.3) is 0 Å². The van der Waals surface area contributed by atoms with Gasteiger partial charge < -0.3 is 0 Å². The number of aryl methyl sites for hydroxylation is 2. The highest BCUT2D eigenvalue weighted by atomic mass is 32.1. The molecule has 0 N–H and O–H groups in total. The monoisotopic (exact) mass is 202 g/mol. The molecule has 2 rings (SSSR count). The van der Waals surface area contributed by atoms with Crippen molar-refractivity contribution in [1.82, 2.24) is 0 Å². The third-order valence-electron chi connectivity index (χ3n) is 2.29. The van der Waals surface area contributed by atoms with Crippen LogP contribution >= 0.6 is 11.3 Å². The first-order valence-corrected chi connectivity index (χ1v) is 5.66. The van der Waals surface area contributed by atoms with Gasteiger partial charge in [0, 0.05) is 16.2 Å². The van der Waals surface area contributed by atoms with Crippen LogP contribution in [0.3, 0.4) is 0 Å². The van der Waals surface area contributed by atoms with Gasteiger partial charge in [-0.15, -0.1) is 11.3 Å². The summed E-state index contributed by atoms with van der Waals surface area (Å²) >= 11 is 1.89. The Morgan fingerprint density at radius 3 is 2.21 bits per heavy atom. The Kier molecular flexibility index (Phi) is 2.69. The second-order valence-corrected chi connectivity index (χ2v) is 5.05. The minimum Gasteiger partial charge on any atom is -0.145 e. The van der Waals surface area contributed by atoms with Crippen LogP contribution in [0, 0.1) is 13.8 Å². The van der Waals surface area contributed by atoms with Crippen LogP contribution in [0.2, 0.25) is 0 Å². The molecule has 0 saturated heterocycles. The van der Waals surface area contributed by atoms with Crippen molar-refractivity contribution >= 4 is 11.3 Å². The lowest BCUT2D eigenvalue weighted by molar-refractivity contribution is 1.23. The van der Waals surface area contributed by atoms with Gasteiger partial charge in [-0.3, -0.25) is 0 Å². The topological polar surface area (TPSA) is 0 Å². The third-order valence-corrected chi connectivity index (χ3v) is 3.30. The number of thiophene rings is 1. The van der Waals surface area contributed by atoms with Crippen LogP contribution < -0.4 is 0 Å². The van der Waals surface area contributed by atoms with Crippen LogP contribution in [-0.4, -0.2) is 0 Å². The fraction of sp³-hybridized carbons (Fsp3) is 0.231. The van der Waals surface area contributed by atoms with Crippen LogP contribution in [0.4, 0.5) is 0 Å². The van der Waals surface area contributed by atoms with Gasteiger partial charge in [0.2, 0.25) is 0 Å². The molecule has 0 unspecified atom stereocenters. The lowest BCUT2D eigenvalue weighted by Gasteiger charge is -1.99. The Balaban J connectivity index is 2.15. The Hall–Kier alpha value is -1.08. The molecule has 0 fully saturated rings. The quantitative estimate of drug-likeness (QED) is 0.691. The molecule has 0 saturated carbocycles. The molecule has 0 atom stereocenters. The first-order valence-electron chi connectivity index (χ1n) is 4.85. The largest absolute Gasteiger partial charge is 0.145 e. The van der Waals surface area contributed by atoms with Gasteiger partial charge in [-0.05, 0) is 31.5 Å². The van der Waals surface area contributed by atoms with Gasteiger partial charge in [-0.2, -0.15) is 0 Å². The first kappa shape index (κ1) is 9.47. The molecule has 1 heteroatoms. The molecule has 0 bridgehead atoms. The fourth-order valence-corrected chi connectivity index (χ4v) is 2.41. The number of benzene rings is 1. The summed E-state index contributed by atoms with van der Waals surface area (Å²) in [5.41, 5.74) is 2.73. The van der Waals surface area contributed by atoms with Crippen molar-refractivity contribution in [2.75, 3.05) is 0 Å². The van der Waals surface area contributed by atoms with Crippen LogP contribution in [0.15, 0.2) is 36.4 Å². The van der Waals surface area contributed by atoms with Gasteiger partial charge in [0.25, 0.3) is 0 Å². The maximum atomic E-state index is 2.22. The van der Waals surface area contributed by atoms with Gasteiger partial charge in [-0.25, -0.2) is 0 Å². The van der Waals surface area contributed by atoms with Crippen molar-refractivity contribution in [3.8, 4) is 0 Å². The van der Waals surface area contributed by atoms with Crippen molar-refractivity contribution < 1.29 is 0 Å². The number of hydrogen-bond donors (Lipinski definition) is 0. The normalized spacial score (nSPS) is 10.4. The van der Waals surface area contributed by atoms with Crippen molar-refractivity contribution in [2.24, 2.45) is 0 Å². The summed E-state index contributed by atoms with van der Waals surface area (Å²) in [6.07, 6.45) is 1.07. The van der Waals surface area contributed by atoms with E-state index in [-0.39, 0.29) is 0 Å². The van der Waals surface area contributed by atoms with E-state index in [2.05, 4.69) is 50.2 Å². The van der Waals surface area contributed by atoms with Crippen molar-refractivity contribution in [1.29, 1.82) is 0 Å². The van der Waals surface area contributed by atoms with E-state index in [0.29, 0.717) is 0 Å².